The highest BCUT2D eigenvalue weighted by atomic mass is 35.5. The third-order valence-electron chi connectivity index (χ3n) is 3.48. The smallest absolute Gasteiger partial charge is 0.0441 e. The van der Waals surface area contributed by atoms with Gasteiger partial charge in [-0.05, 0) is 54.8 Å². The van der Waals surface area contributed by atoms with Gasteiger partial charge in [-0.25, -0.2) is 0 Å². The van der Waals surface area contributed by atoms with E-state index in [0.29, 0.717) is 5.92 Å². The standard InChI is InChI=1S/C17H22ClNS/c1-2-11-19-13-14(9-10-15-6-5-12-20-15)16-7-3-4-8-17(16)18/h3-8,12,14,19H,2,9-11,13H2,1H3. The zero-order chi connectivity index (χ0) is 14.2. The van der Waals surface area contributed by atoms with E-state index in [1.165, 1.54) is 16.9 Å². The molecule has 0 saturated heterocycles. The van der Waals surface area contributed by atoms with Crippen molar-refractivity contribution in [2.24, 2.45) is 0 Å². The van der Waals surface area contributed by atoms with Crippen molar-refractivity contribution in [3.63, 3.8) is 0 Å². The molecule has 20 heavy (non-hydrogen) atoms. The number of nitrogens with one attached hydrogen (secondary N) is 1. The van der Waals surface area contributed by atoms with Crippen LogP contribution in [0.25, 0.3) is 0 Å². The van der Waals surface area contributed by atoms with Gasteiger partial charge in [-0.2, -0.15) is 0 Å². The van der Waals surface area contributed by atoms with E-state index in [9.17, 15) is 0 Å². The number of thiophene rings is 1. The highest BCUT2D eigenvalue weighted by molar-refractivity contribution is 7.09. The molecule has 108 valence electrons. The second-order valence-electron chi connectivity index (χ2n) is 5.04. The van der Waals surface area contributed by atoms with Crippen molar-refractivity contribution in [2.45, 2.75) is 32.1 Å². The summed E-state index contributed by atoms with van der Waals surface area (Å²) >= 11 is 8.21. The first-order valence-corrected chi connectivity index (χ1v) is 8.54. The fourth-order valence-corrected chi connectivity index (χ4v) is 3.41. The highest BCUT2D eigenvalue weighted by Crippen LogP contribution is 2.28. The van der Waals surface area contributed by atoms with Crippen LogP contribution in [-0.4, -0.2) is 13.1 Å². The van der Waals surface area contributed by atoms with Crippen LogP contribution in [0, 0.1) is 0 Å². The molecular weight excluding hydrogens is 286 g/mol. The predicted octanol–water partition coefficient (Wildman–Crippen LogP) is 5.12. The molecule has 0 spiro atoms. The Morgan fingerprint density at radius 2 is 2.05 bits per heavy atom. The van der Waals surface area contributed by atoms with Crippen LogP contribution >= 0.6 is 22.9 Å². The Bertz CT molecular complexity index is 495. The van der Waals surface area contributed by atoms with Gasteiger partial charge in [-0.1, -0.05) is 42.8 Å². The number of benzene rings is 1. The number of aryl methyl sites for hydroxylation is 1. The van der Waals surface area contributed by atoms with Gasteiger partial charge in [-0.3, -0.25) is 0 Å². The van der Waals surface area contributed by atoms with Crippen LogP contribution in [-0.2, 0) is 6.42 Å². The molecule has 0 aliphatic rings. The van der Waals surface area contributed by atoms with E-state index in [1.807, 2.05) is 23.5 Å². The Balaban J connectivity index is 2.02. The highest BCUT2D eigenvalue weighted by Gasteiger charge is 2.14. The quantitative estimate of drug-likeness (QED) is 0.668. The average Bonchev–Trinajstić information content (AvgIpc) is 2.97. The maximum Gasteiger partial charge on any atom is 0.0441 e. The fourth-order valence-electron chi connectivity index (χ4n) is 2.40. The third kappa shape index (κ3) is 4.62. The van der Waals surface area contributed by atoms with Crippen molar-refractivity contribution >= 4 is 22.9 Å². The van der Waals surface area contributed by atoms with Crippen molar-refractivity contribution in [3.05, 3.63) is 57.2 Å². The summed E-state index contributed by atoms with van der Waals surface area (Å²) in [6, 6.07) is 12.6. The van der Waals surface area contributed by atoms with E-state index in [0.717, 1.165) is 31.0 Å². The summed E-state index contributed by atoms with van der Waals surface area (Å²) in [5, 5.41) is 6.57. The average molecular weight is 308 g/mol. The Kier molecular flexibility index (Phi) is 6.58. The summed E-state index contributed by atoms with van der Waals surface area (Å²) in [7, 11) is 0. The molecule has 0 saturated carbocycles. The van der Waals surface area contributed by atoms with E-state index in [2.05, 4.69) is 41.9 Å². The topological polar surface area (TPSA) is 12.0 Å². The molecule has 1 nitrogen and oxygen atoms in total. The lowest BCUT2D eigenvalue weighted by Crippen LogP contribution is -2.23. The Labute approximate surface area is 131 Å². The van der Waals surface area contributed by atoms with Crippen molar-refractivity contribution in [2.75, 3.05) is 13.1 Å². The zero-order valence-electron chi connectivity index (χ0n) is 11.9. The molecule has 1 aromatic carbocycles. The number of hydrogen-bond acceptors (Lipinski definition) is 2. The summed E-state index contributed by atoms with van der Waals surface area (Å²) < 4.78 is 0. The minimum absolute atomic E-state index is 0.484. The normalized spacial score (nSPS) is 12.5. The second-order valence-corrected chi connectivity index (χ2v) is 6.48. The molecule has 1 unspecified atom stereocenters. The summed E-state index contributed by atoms with van der Waals surface area (Å²) in [6.07, 6.45) is 3.43. The molecule has 0 amide bonds. The van der Waals surface area contributed by atoms with Gasteiger partial charge >= 0.3 is 0 Å². The fraction of sp³-hybridized carbons (Fsp3) is 0.412. The van der Waals surface area contributed by atoms with E-state index < -0.39 is 0 Å². The molecule has 3 heteroatoms. The maximum absolute atomic E-state index is 6.37. The van der Waals surface area contributed by atoms with E-state index in [1.54, 1.807) is 0 Å². The molecule has 0 bridgehead atoms. The van der Waals surface area contributed by atoms with Crippen molar-refractivity contribution < 1.29 is 0 Å². The third-order valence-corrected chi connectivity index (χ3v) is 4.76. The van der Waals surface area contributed by atoms with Gasteiger partial charge in [0, 0.05) is 16.4 Å². The van der Waals surface area contributed by atoms with Crippen LogP contribution in [0.5, 0.6) is 0 Å². The Morgan fingerprint density at radius 1 is 1.20 bits per heavy atom. The molecule has 2 aromatic rings. The van der Waals surface area contributed by atoms with Gasteiger partial charge in [0.2, 0.25) is 0 Å². The molecule has 0 fully saturated rings. The first-order chi connectivity index (χ1) is 9.81. The predicted molar refractivity (Wildman–Crippen MR) is 90.0 cm³/mol. The minimum Gasteiger partial charge on any atom is -0.316 e. The maximum atomic E-state index is 6.37. The minimum atomic E-state index is 0.484. The Hall–Kier alpha value is -0.830. The van der Waals surface area contributed by atoms with E-state index >= 15 is 0 Å². The lowest BCUT2D eigenvalue weighted by Gasteiger charge is -2.19. The molecule has 0 aliphatic heterocycles. The number of rotatable bonds is 8. The molecule has 1 N–H and O–H groups in total. The van der Waals surface area contributed by atoms with Gasteiger partial charge in [0.25, 0.3) is 0 Å². The lowest BCUT2D eigenvalue weighted by molar-refractivity contribution is 0.550. The van der Waals surface area contributed by atoms with Crippen LogP contribution < -0.4 is 5.32 Å². The van der Waals surface area contributed by atoms with Gasteiger partial charge in [0.1, 0.15) is 0 Å². The van der Waals surface area contributed by atoms with Crippen LogP contribution in [0.3, 0.4) is 0 Å². The van der Waals surface area contributed by atoms with Gasteiger partial charge in [0.15, 0.2) is 0 Å². The zero-order valence-corrected chi connectivity index (χ0v) is 13.5. The molecule has 2 rings (SSSR count). The summed E-state index contributed by atoms with van der Waals surface area (Å²) in [5.41, 5.74) is 1.27. The van der Waals surface area contributed by atoms with Crippen molar-refractivity contribution in [3.8, 4) is 0 Å². The van der Waals surface area contributed by atoms with Crippen LogP contribution in [0.4, 0.5) is 0 Å². The summed E-state index contributed by atoms with van der Waals surface area (Å²) in [5.74, 6) is 0.484. The molecular formula is C17H22ClNS. The van der Waals surface area contributed by atoms with Crippen LogP contribution in [0.2, 0.25) is 5.02 Å². The van der Waals surface area contributed by atoms with E-state index in [4.69, 9.17) is 11.6 Å². The largest absolute Gasteiger partial charge is 0.316 e. The van der Waals surface area contributed by atoms with Gasteiger partial charge < -0.3 is 5.32 Å². The number of halogens is 1. The van der Waals surface area contributed by atoms with E-state index in [-0.39, 0.29) is 0 Å². The monoisotopic (exact) mass is 307 g/mol. The molecule has 0 radical (unpaired) electrons. The molecule has 1 aromatic heterocycles. The number of hydrogen-bond donors (Lipinski definition) is 1. The van der Waals surface area contributed by atoms with Crippen LogP contribution in [0.1, 0.15) is 36.1 Å². The summed E-state index contributed by atoms with van der Waals surface area (Å²) in [6.45, 7) is 4.27. The van der Waals surface area contributed by atoms with Gasteiger partial charge in [0.05, 0.1) is 0 Å². The SMILES string of the molecule is CCCNCC(CCc1cccs1)c1ccccc1Cl. The van der Waals surface area contributed by atoms with Crippen molar-refractivity contribution in [1.29, 1.82) is 0 Å². The Morgan fingerprint density at radius 3 is 2.75 bits per heavy atom. The first-order valence-electron chi connectivity index (χ1n) is 7.28. The molecule has 1 heterocycles. The molecule has 1 atom stereocenters. The lowest BCUT2D eigenvalue weighted by atomic mass is 9.93. The van der Waals surface area contributed by atoms with Crippen LogP contribution in [0.15, 0.2) is 41.8 Å². The molecule has 0 aliphatic carbocycles. The second kappa shape index (κ2) is 8.46. The first kappa shape index (κ1) is 15.6. The summed E-state index contributed by atoms with van der Waals surface area (Å²) in [4.78, 5) is 1.46. The van der Waals surface area contributed by atoms with Crippen molar-refractivity contribution in [1.82, 2.24) is 5.32 Å². The van der Waals surface area contributed by atoms with Gasteiger partial charge in [-0.15, -0.1) is 11.3 Å².